The quantitative estimate of drug-likeness (QED) is 0.777. The fraction of sp³-hybridized carbons (Fsp3) is 0.941. The van der Waals surface area contributed by atoms with E-state index in [1.807, 2.05) is 0 Å². The first kappa shape index (κ1) is 17.5. The lowest BCUT2D eigenvalue weighted by atomic mass is 9.93. The van der Waals surface area contributed by atoms with Crippen LogP contribution in [0.3, 0.4) is 0 Å². The summed E-state index contributed by atoms with van der Waals surface area (Å²) in [5.41, 5.74) is 5.82. The minimum Gasteiger partial charge on any atom is -0.343 e. The summed E-state index contributed by atoms with van der Waals surface area (Å²) in [6, 6.07) is 0. The van der Waals surface area contributed by atoms with Crippen molar-refractivity contribution in [3.8, 4) is 0 Å². The fourth-order valence-electron chi connectivity index (χ4n) is 3.42. The van der Waals surface area contributed by atoms with E-state index >= 15 is 0 Å². The summed E-state index contributed by atoms with van der Waals surface area (Å²) in [4.78, 5) is 14.5. The summed E-state index contributed by atoms with van der Waals surface area (Å²) < 4.78 is 0. The van der Waals surface area contributed by atoms with Gasteiger partial charge >= 0.3 is 0 Å². The third-order valence-corrected chi connectivity index (χ3v) is 4.50. The Balaban J connectivity index is 2.42. The Kier molecular flexibility index (Phi) is 8.20. The molecule has 2 unspecified atom stereocenters. The first-order valence-corrected chi connectivity index (χ1v) is 8.54. The molecular weight excluding hydrogens is 248 g/mol. The SMILES string of the molecule is CCCC1CCCN(C(=O)CC(CN)CC(C)C)CC1. The van der Waals surface area contributed by atoms with Crippen molar-refractivity contribution in [1.82, 2.24) is 4.90 Å². The molecule has 1 rings (SSSR count). The third kappa shape index (κ3) is 6.25. The summed E-state index contributed by atoms with van der Waals surface area (Å²) >= 11 is 0. The molecule has 0 aliphatic carbocycles. The van der Waals surface area contributed by atoms with Crippen LogP contribution in [-0.4, -0.2) is 30.4 Å². The minimum atomic E-state index is 0.332. The molecule has 0 aromatic rings. The molecule has 3 nitrogen and oxygen atoms in total. The molecule has 1 fully saturated rings. The zero-order chi connectivity index (χ0) is 15.0. The van der Waals surface area contributed by atoms with Gasteiger partial charge in [0.15, 0.2) is 0 Å². The van der Waals surface area contributed by atoms with Gasteiger partial charge in [0.05, 0.1) is 0 Å². The molecule has 0 aromatic heterocycles. The lowest BCUT2D eigenvalue weighted by Gasteiger charge is -2.24. The van der Waals surface area contributed by atoms with Gasteiger partial charge in [0, 0.05) is 19.5 Å². The van der Waals surface area contributed by atoms with Crippen LogP contribution in [0.5, 0.6) is 0 Å². The van der Waals surface area contributed by atoms with E-state index in [0.29, 0.717) is 30.7 Å². The van der Waals surface area contributed by atoms with Gasteiger partial charge in [-0.05, 0) is 50.0 Å². The van der Waals surface area contributed by atoms with Crippen LogP contribution in [0.25, 0.3) is 0 Å². The molecular formula is C17H34N2O. The van der Waals surface area contributed by atoms with E-state index in [1.54, 1.807) is 0 Å². The van der Waals surface area contributed by atoms with Crippen molar-refractivity contribution in [1.29, 1.82) is 0 Å². The molecule has 20 heavy (non-hydrogen) atoms. The molecule has 0 saturated carbocycles. The molecule has 0 radical (unpaired) electrons. The van der Waals surface area contributed by atoms with Gasteiger partial charge in [-0.15, -0.1) is 0 Å². The number of amides is 1. The van der Waals surface area contributed by atoms with E-state index in [4.69, 9.17) is 5.73 Å². The van der Waals surface area contributed by atoms with Crippen molar-refractivity contribution in [3.63, 3.8) is 0 Å². The third-order valence-electron chi connectivity index (χ3n) is 4.50. The highest BCUT2D eigenvalue weighted by molar-refractivity contribution is 5.76. The van der Waals surface area contributed by atoms with Crippen molar-refractivity contribution in [3.05, 3.63) is 0 Å². The number of nitrogens with zero attached hydrogens (tertiary/aromatic N) is 1. The molecule has 0 bridgehead atoms. The standard InChI is InChI=1S/C17H34N2O/c1-4-6-15-7-5-9-19(10-8-15)17(20)12-16(13-18)11-14(2)3/h14-16H,4-13,18H2,1-3H3. The van der Waals surface area contributed by atoms with Crippen LogP contribution in [0.1, 0.15) is 65.7 Å². The van der Waals surface area contributed by atoms with Crippen molar-refractivity contribution in [2.75, 3.05) is 19.6 Å². The van der Waals surface area contributed by atoms with Crippen LogP contribution in [0.4, 0.5) is 0 Å². The van der Waals surface area contributed by atoms with Crippen molar-refractivity contribution in [2.45, 2.75) is 65.7 Å². The number of rotatable bonds is 7. The van der Waals surface area contributed by atoms with E-state index in [0.717, 1.165) is 25.4 Å². The van der Waals surface area contributed by atoms with Gasteiger partial charge in [0.25, 0.3) is 0 Å². The predicted octanol–water partition coefficient (Wildman–Crippen LogP) is 3.43. The first-order chi connectivity index (χ1) is 9.56. The first-order valence-electron chi connectivity index (χ1n) is 8.54. The van der Waals surface area contributed by atoms with E-state index in [2.05, 4.69) is 25.7 Å². The Labute approximate surface area is 125 Å². The largest absolute Gasteiger partial charge is 0.343 e. The number of hydrogen-bond acceptors (Lipinski definition) is 2. The van der Waals surface area contributed by atoms with Crippen LogP contribution >= 0.6 is 0 Å². The average Bonchev–Trinajstić information content (AvgIpc) is 2.63. The Bertz CT molecular complexity index is 278. The van der Waals surface area contributed by atoms with Crippen molar-refractivity contribution < 1.29 is 4.79 Å². The Hall–Kier alpha value is -0.570. The molecule has 1 saturated heterocycles. The number of nitrogens with two attached hydrogens (primary N) is 1. The topological polar surface area (TPSA) is 46.3 Å². The number of likely N-dealkylation sites (tertiary alicyclic amines) is 1. The van der Waals surface area contributed by atoms with E-state index < -0.39 is 0 Å². The van der Waals surface area contributed by atoms with Crippen molar-refractivity contribution in [2.24, 2.45) is 23.5 Å². The zero-order valence-corrected chi connectivity index (χ0v) is 13.7. The fourth-order valence-corrected chi connectivity index (χ4v) is 3.42. The van der Waals surface area contributed by atoms with Gasteiger partial charge in [-0.2, -0.15) is 0 Å². The molecule has 1 heterocycles. The lowest BCUT2D eigenvalue weighted by molar-refractivity contribution is -0.132. The Morgan fingerprint density at radius 3 is 2.65 bits per heavy atom. The van der Waals surface area contributed by atoms with E-state index in [-0.39, 0.29) is 0 Å². The highest BCUT2D eigenvalue weighted by atomic mass is 16.2. The maximum atomic E-state index is 12.4. The predicted molar refractivity (Wildman–Crippen MR) is 85.4 cm³/mol. The Morgan fingerprint density at radius 2 is 2.05 bits per heavy atom. The summed E-state index contributed by atoms with van der Waals surface area (Å²) in [6.07, 6.45) is 7.96. The number of hydrogen-bond donors (Lipinski definition) is 1. The second kappa shape index (κ2) is 9.38. The molecule has 2 atom stereocenters. The lowest BCUT2D eigenvalue weighted by Crippen LogP contribution is -2.34. The van der Waals surface area contributed by atoms with Crippen molar-refractivity contribution >= 4 is 5.91 Å². The molecule has 1 aliphatic rings. The maximum absolute atomic E-state index is 12.4. The van der Waals surface area contributed by atoms with Crippen LogP contribution in [-0.2, 0) is 4.79 Å². The van der Waals surface area contributed by atoms with Gasteiger partial charge in [-0.3, -0.25) is 4.79 Å². The average molecular weight is 282 g/mol. The Morgan fingerprint density at radius 1 is 1.30 bits per heavy atom. The van der Waals surface area contributed by atoms with E-state index in [9.17, 15) is 4.79 Å². The second-order valence-electron chi connectivity index (χ2n) is 6.90. The second-order valence-corrected chi connectivity index (χ2v) is 6.90. The van der Waals surface area contributed by atoms with Gasteiger partial charge in [-0.25, -0.2) is 0 Å². The molecule has 118 valence electrons. The smallest absolute Gasteiger partial charge is 0.222 e. The summed E-state index contributed by atoms with van der Waals surface area (Å²) in [5.74, 6) is 2.14. The highest BCUT2D eigenvalue weighted by Crippen LogP contribution is 2.23. The van der Waals surface area contributed by atoms with Gasteiger partial charge in [-0.1, -0.05) is 33.6 Å². The summed E-state index contributed by atoms with van der Waals surface area (Å²) in [5, 5.41) is 0. The summed E-state index contributed by atoms with van der Waals surface area (Å²) in [7, 11) is 0. The van der Waals surface area contributed by atoms with Gasteiger partial charge < -0.3 is 10.6 Å². The van der Waals surface area contributed by atoms with Crippen LogP contribution in [0.2, 0.25) is 0 Å². The van der Waals surface area contributed by atoms with Crippen LogP contribution in [0, 0.1) is 17.8 Å². The highest BCUT2D eigenvalue weighted by Gasteiger charge is 2.22. The van der Waals surface area contributed by atoms with Crippen LogP contribution < -0.4 is 5.73 Å². The number of carbonyl (C=O) groups is 1. The minimum absolute atomic E-state index is 0.332. The molecule has 0 aromatic carbocycles. The van der Waals surface area contributed by atoms with Crippen LogP contribution in [0.15, 0.2) is 0 Å². The molecule has 1 amide bonds. The van der Waals surface area contributed by atoms with Gasteiger partial charge in [0.1, 0.15) is 0 Å². The van der Waals surface area contributed by atoms with Gasteiger partial charge in [0.2, 0.25) is 5.91 Å². The molecule has 0 spiro atoms. The maximum Gasteiger partial charge on any atom is 0.222 e. The monoisotopic (exact) mass is 282 g/mol. The number of carbonyl (C=O) groups excluding carboxylic acids is 1. The summed E-state index contributed by atoms with van der Waals surface area (Å²) in [6.45, 7) is 9.21. The molecule has 1 aliphatic heterocycles. The normalized spacial score (nSPS) is 21.9. The zero-order valence-electron chi connectivity index (χ0n) is 13.7. The molecule has 3 heteroatoms. The molecule has 2 N–H and O–H groups in total. The van der Waals surface area contributed by atoms with E-state index in [1.165, 1.54) is 32.1 Å².